The molecule has 0 fully saturated rings. The summed E-state index contributed by atoms with van der Waals surface area (Å²) < 4.78 is 25.1. The van der Waals surface area contributed by atoms with Crippen LogP contribution in [-0.2, 0) is 14.6 Å². The fourth-order valence-corrected chi connectivity index (χ4v) is 4.01. The molecule has 0 saturated carbocycles. The van der Waals surface area contributed by atoms with E-state index in [9.17, 15) is 13.2 Å². The zero-order chi connectivity index (χ0) is 13.5. The van der Waals surface area contributed by atoms with E-state index in [2.05, 4.69) is 15.9 Å². The van der Waals surface area contributed by atoms with Gasteiger partial charge in [0.15, 0.2) is 9.84 Å². The van der Waals surface area contributed by atoms with Gasteiger partial charge in [-0.25, -0.2) is 8.42 Å². The summed E-state index contributed by atoms with van der Waals surface area (Å²) in [5, 5.41) is -0.630. The SMILES string of the molecule is CC1CN(C(=O)CN)c2ccc(Br)cc2S1(=O)=O. The Bertz CT molecular complexity index is 600. The number of hydrogen-bond acceptors (Lipinski definition) is 4. The number of anilines is 1. The number of amides is 1. The van der Waals surface area contributed by atoms with Crippen LogP contribution in [0, 0.1) is 0 Å². The third-order valence-corrected chi connectivity index (χ3v) is 5.61. The number of nitrogens with two attached hydrogens (primary N) is 1. The van der Waals surface area contributed by atoms with Crippen molar-refractivity contribution in [1.29, 1.82) is 0 Å². The Hall–Kier alpha value is -0.920. The van der Waals surface area contributed by atoms with Crippen molar-refractivity contribution in [3.63, 3.8) is 0 Å². The lowest BCUT2D eigenvalue weighted by Crippen LogP contribution is -2.46. The molecule has 1 aromatic rings. The van der Waals surface area contributed by atoms with Gasteiger partial charge >= 0.3 is 0 Å². The Morgan fingerprint density at radius 1 is 1.56 bits per heavy atom. The quantitative estimate of drug-likeness (QED) is 0.829. The molecule has 0 bridgehead atoms. The first-order valence-electron chi connectivity index (χ1n) is 5.42. The standard InChI is InChI=1S/C11H13BrN2O3S/c1-7-6-14(11(15)5-13)9-3-2-8(12)4-10(9)18(7,16)17/h2-4,7H,5-6,13H2,1H3. The lowest BCUT2D eigenvalue weighted by molar-refractivity contribution is -0.117. The largest absolute Gasteiger partial charge is 0.322 e. The van der Waals surface area contributed by atoms with Crippen molar-refractivity contribution >= 4 is 37.4 Å². The van der Waals surface area contributed by atoms with Crippen LogP contribution in [0.2, 0.25) is 0 Å². The Morgan fingerprint density at radius 3 is 2.83 bits per heavy atom. The van der Waals surface area contributed by atoms with Crippen molar-refractivity contribution in [2.75, 3.05) is 18.0 Å². The molecule has 1 atom stereocenters. The molecule has 18 heavy (non-hydrogen) atoms. The smallest absolute Gasteiger partial charge is 0.240 e. The van der Waals surface area contributed by atoms with Gasteiger partial charge in [-0.05, 0) is 25.1 Å². The third-order valence-electron chi connectivity index (χ3n) is 2.96. The summed E-state index contributed by atoms with van der Waals surface area (Å²) in [6.07, 6.45) is 0. The number of benzene rings is 1. The zero-order valence-corrected chi connectivity index (χ0v) is 12.2. The van der Waals surface area contributed by atoms with Crippen LogP contribution in [0.25, 0.3) is 0 Å². The van der Waals surface area contributed by atoms with E-state index < -0.39 is 15.1 Å². The summed E-state index contributed by atoms with van der Waals surface area (Å²) in [7, 11) is -3.38. The monoisotopic (exact) mass is 332 g/mol. The molecule has 1 aliphatic heterocycles. The Balaban J connectivity index is 2.65. The van der Waals surface area contributed by atoms with Gasteiger partial charge < -0.3 is 10.6 Å². The van der Waals surface area contributed by atoms with Crippen molar-refractivity contribution in [3.8, 4) is 0 Å². The summed E-state index contributed by atoms with van der Waals surface area (Å²) in [6, 6.07) is 4.86. The van der Waals surface area contributed by atoms with E-state index in [-0.39, 0.29) is 23.9 Å². The predicted octanol–water partition coefficient (Wildman–Crippen LogP) is 0.917. The summed E-state index contributed by atoms with van der Waals surface area (Å²) in [6.45, 7) is 1.60. The van der Waals surface area contributed by atoms with Gasteiger partial charge in [0.05, 0.1) is 22.4 Å². The number of halogens is 1. The molecule has 2 rings (SSSR count). The Morgan fingerprint density at radius 2 is 2.22 bits per heavy atom. The second-order valence-corrected chi connectivity index (χ2v) is 7.43. The predicted molar refractivity (Wildman–Crippen MR) is 72.2 cm³/mol. The molecule has 0 aliphatic carbocycles. The summed E-state index contributed by atoms with van der Waals surface area (Å²) in [5.41, 5.74) is 5.76. The van der Waals surface area contributed by atoms with E-state index >= 15 is 0 Å². The lowest BCUT2D eigenvalue weighted by atomic mass is 10.2. The molecular formula is C11H13BrN2O3S. The van der Waals surface area contributed by atoms with Crippen molar-refractivity contribution in [3.05, 3.63) is 22.7 Å². The molecule has 0 saturated heterocycles. The average molecular weight is 333 g/mol. The molecule has 98 valence electrons. The van der Waals surface area contributed by atoms with E-state index in [1.54, 1.807) is 19.1 Å². The molecule has 1 aromatic carbocycles. The van der Waals surface area contributed by atoms with E-state index in [1.807, 2.05) is 0 Å². The van der Waals surface area contributed by atoms with Crippen LogP contribution in [0.1, 0.15) is 6.92 Å². The van der Waals surface area contributed by atoms with Crippen molar-refractivity contribution in [2.45, 2.75) is 17.1 Å². The molecule has 1 amide bonds. The first-order valence-corrected chi connectivity index (χ1v) is 7.75. The van der Waals surface area contributed by atoms with Crippen molar-refractivity contribution < 1.29 is 13.2 Å². The van der Waals surface area contributed by atoms with Crippen LogP contribution in [0.3, 0.4) is 0 Å². The topological polar surface area (TPSA) is 80.5 Å². The van der Waals surface area contributed by atoms with E-state index in [0.29, 0.717) is 10.2 Å². The summed E-state index contributed by atoms with van der Waals surface area (Å²) in [4.78, 5) is 13.4. The second kappa shape index (κ2) is 4.64. The van der Waals surface area contributed by atoms with Gasteiger partial charge in [-0.2, -0.15) is 0 Å². The first-order chi connectivity index (χ1) is 8.37. The maximum atomic E-state index is 12.2. The zero-order valence-electron chi connectivity index (χ0n) is 9.76. The first kappa shape index (κ1) is 13.5. The molecule has 5 nitrogen and oxygen atoms in total. The second-order valence-electron chi connectivity index (χ2n) is 4.18. The molecule has 1 heterocycles. The highest BCUT2D eigenvalue weighted by atomic mass is 79.9. The van der Waals surface area contributed by atoms with Gasteiger partial charge in [-0.15, -0.1) is 0 Å². The Kier molecular flexibility index (Phi) is 3.48. The average Bonchev–Trinajstić information content (AvgIpc) is 2.33. The van der Waals surface area contributed by atoms with Gasteiger partial charge in [0.25, 0.3) is 0 Å². The number of carbonyl (C=O) groups excluding carboxylic acids is 1. The highest BCUT2D eigenvalue weighted by Crippen LogP contribution is 2.35. The van der Waals surface area contributed by atoms with Crippen molar-refractivity contribution in [1.82, 2.24) is 0 Å². The molecule has 7 heteroatoms. The molecule has 1 unspecified atom stereocenters. The molecule has 0 radical (unpaired) electrons. The van der Waals surface area contributed by atoms with Crippen LogP contribution >= 0.6 is 15.9 Å². The van der Waals surface area contributed by atoms with Crippen LogP contribution in [0.4, 0.5) is 5.69 Å². The van der Waals surface area contributed by atoms with E-state index in [4.69, 9.17) is 5.73 Å². The summed E-state index contributed by atoms with van der Waals surface area (Å²) in [5.74, 6) is -0.277. The molecular weight excluding hydrogens is 320 g/mol. The molecule has 0 spiro atoms. The van der Waals surface area contributed by atoms with Gasteiger partial charge in [0.2, 0.25) is 5.91 Å². The number of carbonyl (C=O) groups is 1. The van der Waals surface area contributed by atoms with E-state index in [0.717, 1.165) is 0 Å². The number of nitrogens with zero attached hydrogens (tertiary/aromatic N) is 1. The molecule has 0 aromatic heterocycles. The Labute approximate surface area is 114 Å². The van der Waals surface area contributed by atoms with Crippen LogP contribution in [-0.4, -0.2) is 32.7 Å². The van der Waals surface area contributed by atoms with E-state index in [1.165, 1.54) is 11.0 Å². The number of hydrogen-bond donors (Lipinski definition) is 1. The fourth-order valence-electron chi connectivity index (χ4n) is 1.96. The van der Waals surface area contributed by atoms with Gasteiger partial charge in [-0.1, -0.05) is 15.9 Å². The minimum Gasteiger partial charge on any atom is -0.322 e. The molecule has 1 aliphatic rings. The number of rotatable bonds is 1. The van der Waals surface area contributed by atoms with Gasteiger partial charge in [0.1, 0.15) is 0 Å². The van der Waals surface area contributed by atoms with Crippen molar-refractivity contribution in [2.24, 2.45) is 5.73 Å². The third kappa shape index (κ3) is 2.06. The van der Waals surface area contributed by atoms with Gasteiger partial charge in [-0.3, -0.25) is 4.79 Å². The maximum absolute atomic E-state index is 12.2. The highest BCUT2D eigenvalue weighted by molar-refractivity contribution is 9.10. The summed E-state index contributed by atoms with van der Waals surface area (Å²) >= 11 is 3.24. The number of fused-ring (bicyclic) bond motifs is 1. The maximum Gasteiger partial charge on any atom is 0.240 e. The fraction of sp³-hybridized carbons (Fsp3) is 0.364. The highest BCUT2D eigenvalue weighted by Gasteiger charge is 2.36. The normalized spacial score (nSPS) is 21.5. The number of sulfone groups is 1. The minimum absolute atomic E-state index is 0.137. The van der Waals surface area contributed by atoms with Crippen LogP contribution < -0.4 is 10.6 Å². The van der Waals surface area contributed by atoms with Gasteiger partial charge in [0, 0.05) is 11.0 Å². The van der Waals surface area contributed by atoms with Crippen LogP contribution in [0.5, 0.6) is 0 Å². The van der Waals surface area contributed by atoms with Crippen LogP contribution in [0.15, 0.2) is 27.6 Å². The lowest BCUT2D eigenvalue weighted by Gasteiger charge is -2.32. The molecule has 2 N–H and O–H groups in total. The minimum atomic E-state index is -3.38.